The van der Waals surface area contributed by atoms with Crippen LogP contribution in [0, 0.1) is 13.8 Å². The number of methoxy groups -OCH3 is 1. The zero-order chi connectivity index (χ0) is 19.2. The predicted molar refractivity (Wildman–Crippen MR) is 101 cm³/mol. The molecule has 1 saturated heterocycles. The molecule has 0 radical (unpaired) electrons. The average molecular weight is 389 g/mol. The fourth-order valence-corrected chi connectivity index (χ4v) is 5.58. The normalized spacial score (nSPS) is 19.4. The minimum atomic E-state index is -3.55. The molecule has 1 fully saturated rings. The summed E-state index contributed by atoms with van der Waals surface area (Å²) in [5.74, 6) is 2.32. The molecule has 1 unspecified atom stereocenters. The van der Waals surface area contributed by atoms with Gasteiger partial charge in [-0.25, -0.2) is 8.42 Å². The first-order chi connectivity index (χ1) is 12.9. The van der Waals surface area contributed by atoms with Crippen LogP contribution in [0.4, 0.5) is 0 Å². The van der Waals surface area contributed by atoms with E-state index in [4.69, 9.17) is 14.2 Å². The van der Waals surface area contributed by atoms with Crippen LogP contribution >= 0.6 is 0 Å². The van der Waals surface area contributed by atoms with E-state index in [9.17, 15) is 8.42 Å². The van der Waals surface area contributed by atoms with Crippen molar-refractivity contribution in [2.24, 2.45) is 0 Å². The van der Waals surface area contributed by atoms with Gasteiger partial charge in [-0.1, -0.05) is 6.07 Å². The summed E-state index contributed by atoms with van der Waals surface area (Å²) in [7, 11) is -1.96. The van der Waals surface area contributed by atoms with E-state index in [2.05, 4.69) is 0 Å². The molecule has 2 aliphatic rings. The van der Waals surface area contributed by atoms with Crippen LogP contribution in [-0.4, -0.2) is 39.7 Å². The van der Waals surface area contributed by atoms with E-state index in [-0.39, 0.29) is 12.7 Å². The van der Waals surface area contributed by atoms with E-state index in [1.807, 2.05) is 25.1 Å². The highest BCUT2D eigenvalue weighted by molar-refractivity contribution is 7.89. The van der Waals surface area contributed by atoms with E-state index in [1.165, 1.54) is 0 Å². The van der Waals surface area contributed by atoms with Crippen molar-refractivity contribution < 1.29 is 22.6 Å². The zero-order valence-electron chi connectivity index (χ0n) is 15.7. The number of rotatable bonds is 4. The SMILES string of the molecule is COc1cc(C)c(S(=O)(=O)N2CCC(c3ccc4c(c3)OCO4)C2)cc1C. The monoisotopic (exact) mass is 389 g/mol. The minimum absolute atomic E-state index is 0.147. The lowest BCUT2D eigenvalue weighted by Crippen LogP contribution is -2.29. The second kappa shape index (κ2) is 6.73. The molecule has 6 nitrogen and oxygen atoms in total. The Hall–Kier alpha value is -2.25. The fraction of sp³-hybridized carbons (Fsp3) is 0.400. The summed E-state index contributed by atoms with van der Waals surface area (Å²) in [6, 6.07) is 9.35. The molecule has 2 aromatic rings. The fourth-order valence-electron chi connectivity index (χ4n) is 3.79. The summed E-state index contributed by atoms with van der Waals surface area (Å²) in [5.41, 5.74) is 2.59. The van der Waals surface area contributed by atoms with Crippen LogP contribution in [0.2, 0.25) is 0 Å². The van der Waals surface area contributed by atoms with Gasteiger partial charge in [0.25, 0.3) is 0 Å². The van der Waals surface area contributed by atoms with Crippen LogP contribution in [-0.2, 0) is 10.0 Å². The maximum Gasteiger partial charge on any atom is 0.243 e. The Morgan fingerprint density at radius 3 is 2.63 bits per heavy atom. The molecule has 0 aliphatic carbocycles. The van der Waals surface area contributed by atoms with Gasteiger partial charge in [0.15, 0.2) is 11.5 Å². The summed E-state index contributed by atoms with van der Waals surface area (Å²) < 4.78 is 44.1. The second-order valence-electron chi connectivity index (χ2n) is 7.05. The van der Waals surface area contributed by atoms with Gasteiger partial charge >= 0.3 is 0 Å². The van der Waals surface area contributed by atoms with Crippen molar-refractivity contribution in [1.29, 1.82) is 0 Å². The van der Waals surface area contributed by atoms with Crippen molar-refractivity contribution in [2.45, 2.75) is 31.1 Å². The van der Waals surface area contributed by atoms with Crippen molar-refractivity contribution in [3.05, 3.63) is 47.0 Å². The number of ether oxygens (including phenoxy) is 3. The molecule has 0 spiro atoms. The molecule has 27 heavy (non-hydrogen) atoms. The summed E-state index contributed by atoms with van der Waals surface area (Å²) >= 11 is 0. The summed E-state index contributed by atoms with van der Waals surface area (Å²) in [6.07, 6.45) is 0.785. The molecule has 7 heteroatoms. The van der Waals surface area contributed by atoms with Gasteiger partial charge in [-0.2, -0.15) is 4.31 Å². The lowest BCUT2D eigenvalue weighted by atomic mass is 9.98. The number of hydrogen-bond acceptors (Lipinski definition) is 5. The quantitative estimate of drug-likeness (QED) is 0.803. The molecule has 0 N–H and O–H groups in total. The first kappa shape index (κ1) is 18.1. The number of benzene rings is 2. The maximum absolute atomic E-state index is 13.2. The predicted octanol–water partition coefficient (Wildman–Crippen LogP) is 3.22. The summed E-state index contributed by atoms with van der Waals surface area (Å²) in [6.45, 7) is 4.87. The molecule has 1 atom stereocenters. The highest BCUT2D eigenvalue weighted by Crippen LogP contribution is 2.38. The molecule has 2 heterocycles. The Kier molecular flexibility index (Phi) is 4.52. The van der Waals surface area contributed by atoms with Crippen LogP contribution in [0.25, 0.3) is 0 Å². The van der Waals surface area contributed by atoms with Gasteiger partial charge in [-0.3, -0.25) is 0 Å². The number of aryl methyl sites for hydroxylation is 2. The van der Waals surface area contributed by atoms with Crippen molar-refractivity contribution in [2.75, 3.05) is 27.0 Å². The Balaban J connectivity index is 1.59. The summed E-state index contributed by atoms with van der Waals surface area (Å²) in [4.78, 5) is 0.354. The molecule has 0 aromatic heterocycles. The molecule has 0 amide bonds. The highest BCUT2D eigenvalue weighted by Gasteiger charge is 2.34. The Labute approximate surface area is 159 Å². The molecule has 4 rings (SSSR count). The maximum atomic E-state index is 13.2. The van der Waals surface area contributed by atoms with Gasteiger partial charge in [-0.15, -0.1) is 0 Å². The zero-order valence-corrected chi connectivity index (χ0v) is 16.5. The lowest BCUT2D eigenvalue weighted by Gasteiger charge is -2.19. The molecule has 0 saturated carbocycles. The molecular formula is C20H23NO5S. The van der Waals surface area contributed by atoms with Gasteiger partial charge in [0.1, 0.15) is 5.75 Å². The summed E-state index contributed by atoms with van der Waals surface area (Å²) in [5, 5.41) is 0. The number of nitrogens with zero attached hydrogens (tertiary/aromatic N) is 1. The standard InChI is InChI=1S/C20H23NO5S/c1-13-9-20(14(2)8-18(13)24-3)27(22,23)21-7-6-16(11-21)15-4-5-17-19(10-15)26-12-25-17/h4-5,8-10,16H,6-7,11-12H2,1-3H3. The van der Waals surface area contributed by atoms with Crippen molar-refractivity contribution >= 4 is 10.0 Å². The van der Waals surface area contributed by atoms with Gasteiger partial charge in [-0.05, 0) is 67.1 Å². The Bertz CT molecular complexity index is 986. The van der Waals surface area contributed by atoms with Crippen LogP contribution < -0.4 is 14.2 Å². The van der Waals surface area contributed by atoms with E-state index < -0.39 is 10.0 Å². The number of sulfonamides is 1. The molecule has 2 aromatic carbocycles. The van der Waals surface area contributed by atoms with Crippen LogP contribution in [0.5, 0.6) is 17.2 Å². The van der Waals surface area contributed by atoms with Crippen LogP contribution in [0.1, 0.15) is 29.0 Å². The van der Waals surface area contributed by atoms with Gasteiger partial charge in [0, 0.05) is 13.1 Å². The average Bonchev–Trinajstić information content (AvgIpc) is 3.31. The van der Waals surface area contributed by atoms with Crippen LogP contribution in [0.3, 0.4) is 0 Å². The second-order valence-corrected chi connectivity index (χ2v) is 8.96. The van der Waals surface area contributed by atoms with Crippen molar-refractivity contribution in [1.82, 2.24) is 4.31 Å². The third-order valence-electron chi connectivity index (χ3n) is 5.33. The number of hydrogen-bond donors (Lipinski definition) is 0. The smallest absolute Gasteiger partial charge is 0.243 e. The minimum Gasteiger partial charge on any atom is -0.496 e. The van der Waals surface area contributed by atoms with E-state index in [0.717, 1.165) is 29.0 Å². The van der Waals surface area contributed by atoms with E-state index >= 15 is 0 Å². The van der Waals surface area contributed by atoms with E-state index in [1.54, 1.807) is 30.5 Å². The van der Waals surface area contributed by atoms with Gasteiger partial charge < -0.3 is 14.2 Å². The molecule has 0 bridgehead atoms. The first-order valence-corrected chi connectivity index (χ1v) is 10.4. The Morgan fingerprint density at radius 2 is 1.85 bits per heavy atom. The van der Waals surface area contributed by atoms with Crippen LogP contribution in [0.15, 0.2) is 35.2 Å². The number of fused-ring (bicyclic) bond motifs is 1. The molecule has 2 aliphatic heterocycles. The third kappa shape index (κ3) is 3.15. The van der Waals surface area contributed by atoms with E-state index in [0.29, 0.717) is 29.3 Å². The largest absolute Gasteiger partial charge is 0.496 e. The van der Waals surface area contributed by atoms with Gasteiger partial charge in [0.05, 0.1) is 12.0 Å². The van der Waals surface area contributed by atoms with Crippen molar-refractivity contribution in [3.8, 4) is 17.2 Å². The van der Waals surface area contributed by atoms with Gasteiger partial charge in [0.2, 0.25) is 16.8 Å². The topological polar surface area (TPSA) is 65.1 Å². The molecule has 144 valence electrons. The highest BCUT2D eigenvalue weighted by atomic mass is 32.2. The lowest BCUT2D eigenvalue weighted by molar-refractivity contribution is 0.174. The third-order valence-corrected chi connectivity index (χ3v) is 7.34. The molecular weight excluding hydrogens is 366 g/mol. The first-order valence-electron chi connectivity index (χ1n) is 8.95. The Morgan fingerprint density at radius 1 is 1.07 bits per heavy atom. The van der Waals surface area contributed by atoms with Crippen molar-refractivity contribution in [3.63, 3.8) is 0 Å².